The molecule has 8 heteroatoms. The summed E-state index contributed by atoms with van der Waals surface area (Å²) >= 11 is 0. The van der Waals surface area contributed by atoms with Crippen molar-refractivity contribution < 1.29 is 40.9 Å². The Morgan fingerprint density at radius 2 is 0.295 bits per heavy atom. The van der Waals surface area contributed by atoms with E-state index in [2.05, 4.69) is 0 Å². The molecule has 8 nitrogen and oxygen atoms in total. The van der Waals surface area contributed by atoms with Crippen molar-refractivity contribution in [3.8, 4) is 0 Å². The summed E-state index contributed by atoms with van der Waals surface area (Å²) in [7, 11) is 0. The van der Waals surface area contributed by atoms with Gasteiger partial charge < -0.3 is 40.9 Å². The molecule has 0 atom stereocenters. The van der Waals surface area contributed by atoms with Crippen molar-refractivity contribution >= 4 is 0 Å². The molecule has 8 N–H and O–H groups in total. The van der Waals surface area contributed by atoms with Gasteiger partial charge in [-0.15, -0.1) is 0 Å². The normalized spacial score (nSPS) is 26.7. The Morgan fingerprint density at radius 3 is 0.432 bits per heavy atom. The predicted octanol–water partition coefficient (Wildman–Crippen LogP) is 7.21. The van der Waals surface area contributed by atoms with E-state index in [1.54, 1.807) is 0 Å². The van der Waals surface area contributed by atoms with Crippen molar-refractivity contribution in [2.45, 2.75) is 229 Å². The summed E-state index contributed by atoms with van der Waals surface area (Å²) in [4.78, 5) is 0. The molecule has 264 valence electrons. The van der Waals surface area contributed by atoms with Crippen molar-refractivity contribution in [3.63, 3.8) is 0 Å². The molecular formula is C36H72O8. The van der Waals surface area contributed by atoms with Crippen LogP contribution in [0.2, 0.25) is 0 Å². The van der Waals surface area contributed by atoms with Crippen LogP contribution in [-0.4, -0.2) is 64.0 Å². The minimum absolute atomic E-state index is 0.204. The minimum atomic E-state index is -3.97. The molecule has 0 aromatic heterocycles. The summed E-state index contributed by atoms with van der Waals surface area (Å²) in [5, 5.41) is 82.8. The Balaban J connectivity index is 2.47. The van der Waals surface area contributed by atoms with Crippen molar-refractivity contribution in [1.82, 2.24) is 0 Å². The molecule has 1 rings (SSSR count). The van der Waals surface area contributed by atoms with E-state index >= 15 is 0 Å². The third kappa shape index (κ3) is 17.0. The van der Waals surface area contributed by atoms with Crippen LogP contribution in [0, 0.1) is 0 Å². The van der Waals surface area contributed by atoms with Gasteiger partial charge in [0.15, 0.2) is 0 Å². The smallest absolute Gasteiger partial charge is 0.279 e. The van der Waals surface area contributed by atoms with E-state index < -0.39 is 36.0 Å². The minimum Gasteiger partial charge on any atom is -0.361 e. The number of rotatable bonds is 0. The Hall–Kier alpha value is -0.320. The second-order valence-corrected chi connectivity index (χ2v) is 14.1. The first-order valence-electron chi connectivity index (χ1n) is 18.7. The van der Waals surface area contributed by atoms with Crippen LogP contribution in [0.3, 0.4) is 0 Å². The Labute approximate surface area is 269 Å². The zero-order valence-electron chi connectivity index (χ0n) is 28.2. The van der Waals surface area contributed by atoms with Gasteiger partial charge in [0, 0.05) is 12.8 Å². The molecule has 1 aliphatic rings. The predicted molar refractivity (Wildman–Crippen MR) is 176 cm³/mol. The molecule has 0 amide bonds. The van der Waals surface area contributed by atoms with Crippen LogP contribution in [-0.2, 0) is 0 Å². The van der Waals surface area contributed by atoms with Gasteiger partial charge in [-0.3, -0.25) is 0 Å². The van der Waals surface area contributed by atoms with Crippen LogP contribution in [0.25, 0.3) is 0 Å². The van der Waals surface area contributed by atoms with Crippen LogP contribution >= 0.6 is 0 Å². The fraction of sp³-hybridized carbons (Fsp3) is 1.00. The molecule has 44 heavy (non-hydrogen) atoms. The lowest BCUT2D eigenvalue weighted by Crippen LogP contribution is -2.76. The summed E-state index contributed by atoms with van der Waals surface area (Å²) in [6.45, 7) is 0. The van der Waals surface area contributed by atoms with E-state index in [1.807, 2.05) is 0 Å². The first-order chi connectivity index (χ1) is 21.0. The summed E-state index contributed by atoms with van der Waals surface area (Å²) in [5.41, 5.74) is 0. The monoisotopic (exact) mass is 633 g/mol. The molecule has 0 aromatic rings. The SMILES string of the molecule is OC1(O)CCCCCCCCCCCCCCCCCCCCCCCCCCCCCCCCC(O)(O)C(O)(O)C1(O)O. The van der Waals surface area contributed by atoms with E-state index in [-0.39, 0.29) is 12.8 Å². The quantitative estimate of drug-likeness (QED) is 0.130. The van der Waals surface area contributed by atoms with E-state index in [0.717, 1.165) is 38.5 Å². The van der Waals surface area contributed by atoms with E-state index in [0.29, 0.717) is 12.8 Å². The molecule has 1 fully saturated rings. The largest absolute Gasteiger partial charge is 0.361 e. The lowest BCUT2D eigenvalue weighted by Gasteiger charge is -2.47. The zero-order chi connectivity index (χ0) is 32.6. The second kappa shape index (κ2) is 23.9. The first kappa shape index (κ1) is 41.7. The highest BCUT2D eigenvalue weighted by atomic mass is 16.7. The summed E-state index contributed by atoms with van der Waals surface area (Å²) in [5.74, 6) is -14.6. The van der Waals surface area contributed by atoms with Gasteiger partial charge in [-0.05, 0) is 12.8 Å². The lowest BCUT2D eigenvalue weighted by atomic mass is 9.84. The van der Waals surface area contributed by atoms with Crippen LogP contribution < -0.4 is 0 Å². The molecule has 0 aliphatic heterocycles. The molecule has 0 radical (unpaired) electrons. The summed E-state index contributed by atoms with van der Waals surface area (Å²) in [6.07, 6.45) is 32.8. The van der Waals surface area contributed by atoms with Gasteiger partial charge in [-0.25, -0.2) is 0 Å². The summed E-state index contributed by atoms with van der Waals surface area (Å²) in [6, 6.07) is 0. The average Bonchev–Trinajstić information content (AvgIpc) is 2.97. The zero-order valence-corrected chi connectivity index (χ0v) is 28.2. The summed E-state index contributed by atoms with van der Waals surface area (Å²) < 4.78 is 0. The van der Waals surface area contributed by atoms with Crippen LogP contribution in [0.1, 0.15) is 205 Å². The fourth-order valence-electron chi connectivity index (χ4n) is 6.60. The molecule has 0 unspecified atom stereocenters. The molecule has 0 aromatic carbocycles. The Kier molecular flexibility index (Phi) is 22.7. The third-order valence-electron chi connectivity index (χ3n) is 9.90. The van der Waals surface area contributed by atoms with Gasteiger partial charge >= 0.3 is 0 Å². The average molecular weight is 633 g/mol. The topological polar surface area (TPSA) is 162 Å². The van der Waals surface area contributed by atoms with Crippen LogP contribution in [0.5, 0.6) is 0 Å². The van der Waals surface area contributed by atoms with Gasteiger partial charge in [-0.2, -0.15) is 0 Å². The van der Waals surface area contributed by atoms with Gasteiger partial charge in [0.05, 0.1) is 0 Å². The van der Waals surface area contributed by atoms with Crippen molar-refractivity contribution in [3.05, 3.63) is 0 Å². The molecule has 0 bridgehead atoms. The van der Waals surface area contributed by atoms with Crippen molar-refractivity contribution in [2.24, 2.45) is 0 Å². The maximum absolute atomic E-state index is 10.4. The molecule has 1 aliphatic carbocycles. The highest BCUT2D eigenvalue weighted by Gasteiger charge is 2.69. The van der Waals surface area contributed by atoms with Crippen molar-refractivity contribution in [1.29, 1.82) is 0 Å². The fourth-order valence-corrected chi connectivity index (χ4v) is 6.60. The maximum Gasteiger partial charge on any atom is 0.279 e. The van der Waals surface area contributed by atoms with Crippen LogP contribution in [0.4, 0.5) is 0 Å². The van der Waals surface area contributed by atoms with E-state index in [1.165, 1.54) is 128 Å². The van der Waals surface area contributed by atoms with E-state index in [4.69, 9.17) is 0 Å². The Bertz CT molecular complexity index is 609. The number of aliphatic hydroxyl groups is 8. The second-order valence-electron chi connectivity index (χ2n) is 14.1. The molecule has 0 heterocycles. The molecule has 0 spiro atoms. The first-order valence-corrected chi connectivity index (χ1v) is 18.7. The number of hydrogen-bond donors (Lipinski definition) is 8. The molecule has 1 saturated carbocycles. The van der Waals surface area contributed by atoms with E-state index in [9.17, 15) is 40.9 Å². The molecular weight excluding hydrogens is 560 g/mol. The maximum atomic E-state index is 10.4. The number of hydrogen-bond acceptors (Lipinski definition) is 8. The van der Waals surface area contributed by atoms with Gasteiger partial charge in [0.1, 0.15) is 0 Å². The van der Waals surface area contributed by atoms with Crippen LogP contribution in [0.15, 0.2) is 0 Å². The highest BCUT2D eigenvalue weighted by Crippen LogP contribution is 2.39. The molecule has 0 saturated heterocycles. The van der Waals surface area contributed by atoms with Crippen molar-refractivity contribution in [2.75, 3.05) is 0 Å². The third-order valence-corrected chi connectivity index (χ3v) is 9.90. The standard InChI is InChI=1S/C36H72O8/c37-33(38)31-29-27-25-23-21-19-17-15-13-11-9-7-5-3-1-2-4-6-8-10-12-14-16-18-20-22-24-26-28-30-32-34(39,40)36(43,44)35(33,41)42/h37-44H,1-32H2. The van der Waals surface area contributed by atoms with Gasteiger partial charge in [0.25, 0.3) is 11.6 Å². The van der Waals surface area contributed by atoms with Gasteiger partial charge in [0.2, 0.25) is 11.6 Å². The lowest BCUT2D eigenvalue weighted by molar-refractivity contribution is -0.507. The van der Waals surface area contributed by atoms with Gasteiger partial charge in [-0.1, -0.05) is 180 Å². The Morgan fingerprint density at radius 1 is 0.182 bits per heavy atom. The highest BCUT2D eigenvalue weighted by molar-refractivity contribution is 5.00.